The Balaban J connectivity index is 2.46. The first-order valence-corrected chi connectivity index (χ1v) is 6.52. The highest BCUT2D eigenvalue weighted by Crippen LogP contribution is 2.28. The highest BCUT2D eigenvalue weighted by Gasteiger charge is 2.29. The van der Waals surface area contributed by atoms with Gasteiger partial charge in [-0.2, -0.15) is 0 Å². The molecule has 1 atom stereocenters. The third-order valence-electron chi connectivity index (χ3n) is 2.53. The van der Waals surface area contributed by atoms with Gasteiger partial charge in [0.05, 0.1) is 0 Å². The second-order valence-corrected chi connectivity index (χ2v) is 5.24. The molecule has 0 saturated heterocycles. The van der Waals surface area contributed by atoms with Crippen molar-refractivity contribution in [3.05, 3.63) is 32.9 Å². The van der Waals surface area contributed by atoms with Gasteiger partial charge in [0.15, 0.2) is 14.7 Å². The molecule has 0 aromatic carbocycles. The molecule has 0 radical (unpaired) electrons. The van der Waals surface area contributed by atoms with Gasteiger partial charge in [-0.25, -0.2) is 0 Å². The van der Waals surface area contributed by atoms with E-state index in [1.165, 1.54) is 6.92 Å². The Bertz CT molecular complexity index is 521. The van der Waals surface area contributed by atoms with E-state index in [4.69, 9.17) is 16.6 Å². The van der Waals surface area contributed by atoms with Crippen LogP contribution in [0.25, 0.3) is 0 Å². The van der Waals surface area contributed by atoms with Crippen LogP contribution < -0.4 is 10.6 Å². The number of thiocarbonyl (C=S) groups is 1. The minimum Gasteiger partial charge on any atom is -0.453 e. The zero-order valence-corrected chi connectivity index (χ0v) is 12.3. The van der Waals surface area contributed by atoms with Crippen molar-refractivity contribution >= 4 is 45.7 Å². The minimum absolute atomic E-state index is 0.00130. The van der Waals surface area contributed by atoms with E-state index in [0.717, 1.165) is 9.46 Å². The molecule has 2 rings (SSSR count). The Labute approximate surface area is 118 Å². The number of hydrogen-bond acceptors (Lipinski definition) is 3. The number of allylic oxidation sites excluding steroid dienone is 1. The Morgan fingerprint density at radius 1 is 1.53 bits per heavy atom. The summed E-state index contributed by atoms with van der Waals surface area (Å²) in [5, 5.41) is 6.51. The van der Waals surface area contributed by atoms with Crippen molar-refractivity contribution in [1.82, 2.24) is 10.6 Å². The predicted octanol–water partition coefficient (Wildman–Crippen LogP) is 2.27. The van der Waals surface area contributed by atoms with E-state index in [-0.39, 0.29) is 11.8 Å². The van der Waals surface area contributed by atoms with E-state index in [1.807, 2.05) is 19.1 Å². The molecule has 1 aliphatic heterocycles. The Morgan fingerprint density at radius 3 is 2.76 bits per heavy atom. The molecule has 1 aromatic heterocycles. The van der Waals surface area contributed by atoms with Crippen LogP contribution in [0.2, 0.25) is 0 Å². The summed E-state index contributed by atoms with van der Waals surface area (Å²) < 4.78 is 6.33. The number of halogens is 1. The van der Waals surface area contributed by atoms with E-state index in [0.29, 0.717) is 16.4 Å². The molecule has 1 aliphatic rings. The van der Waals surface area contributed by atoms with Crippen LogP contribution in [0.4, 0.5) is 0 Å². The molecule has 0 fully saturated rings. The maximum absolute atomic E-state index is 11.7. The van der Waals surface area contributed by atoms with Crippen LogP contribution in [0.3, 0.4) is 0 Å². The topological polar surface area (TPSA) is 54.3 Å². The molecule has 6 heteroatoms. The highest BCUT2D eigenvalue weighted by atomic mass is 127. The van der Waals surface area contributed by atoms with Crippen LogP contribution in [0.1, 0.15) is 25.6 Å². The van der Waals surface area contributed by atoms with Gasteiger partial charge in [0.1, 0.15) is 11.8 Å². The van der Waals surface area contributed by atoms with Crippen LogP contribution in [-0.2, 0) is 4.79 Å². The number of furan rings is 1. The Morgan fingerprint density at radius 2 is 2.24 bits per heavy atom. The van der Waals surface area contributed by atoms with Crippen molar-refractivity contribution in [2.75, 3.05) is 0 Å². The number of rotatable bonds is 2. The van der Waals surface area contributed by atoms with E-state index < -0.39 is 0 Å². The summed E-state index contributed by atoms with van der Waals surface area (Å²) in [5.74, 6) is 0.698. The second kappa shape index (κ2) is 4.77. The van der Waals surface area contributed by atoms with Crippen LogP contribution >= 0.6 is 34.8 Å². The Kier molecular flexibility index (Phi) is 3.53. The molecular formula is C11H11IN2O2S. The smallest absolute Gasteiger partial charge is 0.171 e. The van der Waals surface area contributed by atoms with Gasteiger partial charge in [-0.3, -0.25) is 4.79 Å². The van der Waals surface area contributed by atoms with Gasteiger partial charge in [-0.05, 0) is 60.8 Å². The summed E-state index contributed by atoms with van der Waals surface area (Å²) in [6.07, 6.45) is 0. The van der Waals surface area contributed by atoms with Crippen molar-refractivity contribution in [3.8, 4) is 0 Å². The lowest BCUT2D eigenvalue weighted by molar-refractivity contribution is -0.114. The number of ketones is 1. The summed E-state index contributed by atoms with van der Waals surface area (Å²) in [6.45, 7) is 3.38. The van der Waals surface area contributed by atoms with Gasteiger partial charge in [0.25, 0.3) is 0 Å². The molecule has 90 valence electrons. The van der Waals surface area contributed by atoms with Crippen molar-refractivity contribution in [2.24, 2.45) is 0 Å². The van der Waals surface area contributed by atoms with Gasteiger partial charge in [-0.15, -0.1) is 0 Å². The minimum atomic E-state index is -0.301. The van der Waals surface area contributed by atoms with Gasteiger partial charge < -0.3 is 15.1 Å². The number of Topliss-reactive ketones (excluding diaryl/α,β-unsaturated/α-hetero) is 1. The zero-order valence-electron chi connectivity index (χ0n) is 9.33. The maximum atomic E-state index is 11.7. The molecule has 0 spiro atoms. The maximum Gasteiger partial charge on any atom is 0.171 e. The van der Waals surface area contributed by atoms with E-state index in [9.17, 15) is 4.79 Å². The molecule has 0 bridgehead atoms. The van der Waals surface area contributed by atoms with Crippen LogP contribution in [-0.4, -0.2) is 10.9 Å². The first kappa shape index (κ1) is 12.6. The quantitative estimate of drug-likeness (QED) is 0.625. The SMILES string of the molecule is CC(=O)C1=C(C)NC(=S)NC1c1ccc(I)o1. The lowest BCUT2D eigenvalue weighted by atomic mass is 9.98. The average Bonchev–Trinajstić information content (AvgIpc) is 2.62. The fourth-order valence-electron chi connectivity index (χ4n) is 1.86. The first-order chi connectivity index (χ1) is 7.99. The van der Waals surface area contributed by atoms with Gasteiger partial charge in [0, 0.05) is 11.3 Å². The largest absolute Gasteiger partial charge is 0.453 e. The van der Waals surface area contributed by atoms with Gasteiger partial charge >= 0.3 is 0 Å². The monoisotopic (exact) mass is 362 g/mol. The fraction of sp³-hybridized carbons (Fsp3) is 0.273. The van der Waals surface area contributed by atoms with Crippen molar-refractivity contribution in [3.63, 3.8) is 0 Å². The third-order valence-corrected chi connectivity index (χ3v) is 3.33. The van der Waals surface area contributed by atoms with Crippen molar-refractivity contribution in [1.29, 1.82) is 0 Å². The Hall–Kier alpha value is -0.890. The molecule has 2 N–H and O–H groups in total. The standard InChI is InChI=1S/C11H11IN2O2S/c1-5-9(6(2)15)10(14-11(17)13-5)7-3-4-8(12)16-7/h3-4,10H,1-2H3,(H2,13,14,17). The first-order valence-electron chi connectivity index (χ1n) is 5.03. The number of nitrogens with one attached hydrogen (secondary N) is 2. The molecular weight excluding hydrogens is 351 g/mol. The average molecular weight is 362 g/mol. The fourth-order valence-corrected chi connectivity index (χ4v) is 2.56. The zero-order chi connectivity index (χ0) is 12.6. The lowest BCUT2D eigenvalue weighted by Crippen LogP contribution is -2.44. The summed E-state index contributed by atoms with van der Waals surface area (Å²) in [6, 6.07) is 3.41. The lowest BCUT2D eigenvalue weighted by Gasteiger charge is -2.28. The molecule has 1 unspecified atom stereocenters. The highest BCUT2D eigenvalue weighted by molar-refractivity contribution is 14.1. The van der Waals surface area contributed by atoms with E-state index in [1.54, 1.807) is 0 Å². The molecule has 4 nitrogen and oxygen atoms in total. The predicted molar refractivity (Wildman–Crippen MR) is 76.4 cm³/mol. The van der Waals surface area contributed by atoms with E-state index >= 15 is 0 Å². The molecule has 0 aliphatic carbocycles. The van der Waals surface area contributed by atoms with Crippen LogP contribution in [0, 0.1) is 3.77 Å². The van der Waals surface area contributed by atoms with E-state index in [2.05, 4.69) is 33.2 Å². The van der Waals surface area contributed by atoms with Gasteiger partial charge in [0.2, 0.25) is 0 Å². The van der Waals surface area contributed by atoms with Crippen molar-refractivity contribution < 1.29 is 9.21 Å². The molecule has 0 saturated carbocycles. The van der Waals surface area contributed by atoms with Gasteiger partial charge in [-0.1, -0.05) is 0 Å². The molecule has 2 heterocycles. The molecule has 1 aromatic rings. The van der Waals surface area contributed by atoms with Crippen molar-refractivity contribution in [2.45, 2.75) is 19.9 Å². The summed E-state index contributed by atoms with van der Waals surface area (Å²) >= 11 is 7.18. The number of hydrogen-bond donors (Lipinski definition) is 2. The summed E-state index contributed by atoms with van der Waals surface area (Å²) in [7, 11) is 0. The number of carbonyl (C=O) groups is 1. The summed E-state index contributed by atoms with van der Waals surface area (Å²) in [4.78, 5) is 11.7. The van der Waals surface area contributed by atoms with Crippen LogP contribution in [0.5, 0.6) is 0 Å². The summed E-state index contributed by atoms with van der Waals surface area (Å²) in [5.41, 5.74) is 1.43. The molecule has 0 amide bonds. The molecule has 17 heavy (non-hydrogen) atoms. The second-order valence-electron chi connectivity index (χ2n) is 3.77. The third kappa shape index (κ3) is 2.52. The normalized spacial score (nSPS) is 19.9. The number of carbonyl (C=O) groups excluding carboxylic acids is 1. The van der Waals surface area contributed by atoms with Crippen LogP contribution in [0.15, 0.2) is 27.8 Å².